The standard InChI is InChI=1S/C13H17NO4/c1-10-2-3-11(18-10)12(15)14-5-7-17-9-13(14)4-6-16-8-13/h2-3H,4-9H2,1H3. The minimum Gasteiger partial charge on any atom is -0.456 e. The molecule has 2 aliphatic rings. The number of ether oxygens (including phenoxy) is 2. The van der Waals surface area contributed by atoms with Crippen molar-refractivity contribution in [3.8, 4) is 0 Å². The molecule has 3 heterocycles. The van der Waals surface area contributed by atoms with Gasteiger partial charge < -0.3 is 18.8 Å². The van der Waals surface area contributed by atoms with Gasteiger partial charge in [-0.15, -0.1) is 0 Å². The Morgan fingerprint density at radius 3 is 2.72 bits per heavy atom. The van der Waals surface area contributed by atoms with Crippen molar-refractivity contribution in [2.75, 3.05) is 33.0 Å². The molecule has 1 amide bonds. The van der Waals surface area contributed by atoms with Crippen LogP contribution in [-0.2, 0) is 9.47 Å². The molecule has 0 aliphatic carbocycles. The Labute approximate surface area is 106 Å². The molecule has 18 heavy (non-hydrogen) atoms. The zero-order valence-electron chi connectivity index (χ0n) is 10.5. The largest absolute Gasteiger partial charge is 0.456 e. The van der Waals surface area contributed by atoms with Crippen LogP contribution in [0.1, 0.15) is 22.7 Å². The number of rotatable bonds is 1. The van der Waals surface area contributed by atoms with Crippen molar-refractivity contribution in [1.82, 2.24) is 4.90 Å². The van der Waals surface area contributed by atoms with Gasteiger partial charge >= 0.3 is 0 Å². The molecule has 1 unspecified atom stereocenters. The van der Waals surface area contributed by atoms with Crippen molar-refractivity contribution in [1.29, 1.82) is 0 Å². The number of carbonyl (C=O) groups is 1. The summed E-state index contributed by atoms with van der Waals surface area (Å²) in [6.45, 7) is 4.81. The zero-order chi connectivity index (χ0) is 12.6. The first-order valence-electron chi connectivity index (χ1n) is 6.25. The molecule has 0 N–H and O–H groups in total. The highest BCUT2D eigenvalue weighted by Gasteiger charge is 2.46. The van der Waals surface area contributed by atoms with E-state index >= 15 is 0 Å². The van der Waals surface area contributed by atoms with Crippen LogP contribution in [0.3, 0.4) is 0 Å². The predicted octanol–water partition coefficient (Wildman–Crippen LogP) is 1.22. The van der Waals surface area contributed by atoms with Gasteiger partial charge in [-0.1, -0.05) is 0 Å². The third-order valence-electron chi connectivity index (χ3n) is 3.68. The SMILES string of the molecule is Cc1ccc(C(=O)N2CCOCC23CCOC3)o1. The minimum atomic E-state index is -0.296. The number of hydrogen-bond acceptors (Lipinski definition) is 4. The second kappa shape index (κ2) is 4.40. The lowest BCUT2D eigenvalue weighted by atomic mass is 9.95. The summed E-state index contributed by atoms with van der Waals surface area (Å²) in [6, 6.07) is 3.54. The molecule has 1 spiro atoms. The molecular formula is C13H17NO4. The van der Waals surface area contributed by atoms with Crippen molar-refractivity contribution < 1.29 is 18.7 Å². The second-order valence-electron chi connectivity index (χ2n) is 4.95. The number of aryl methyl sites for hydroxylation is 1. The van der Waals surface area contributed by atoms with E-state index in [-0.39, 0.29) is 11.4 Å². The molecule has 1 aromatic rings. The van der Waals surface area contributed by atoms with Crippen molar-refractivity contribution in [2.24, 2.45) is 0 Å². The summed E-state index contributed by atoms with van der Waals surface area (Å²) in [4.78, 5) is 14.4. The summed E-state index contributed by atoms with van der Waals surface area (Å²) in [5, 5.41) is 0. The van der Waals surface area contributed by atoms with E-state index in [9.17, 15) is 4.79 Å². The smallest absolute Gasteiger partial charge is 0.290 e. The number of amides is 1. The highest BCUT2D eigenvalue weighted by atomic mass is 16.5. The predicted molar refractivity (Wildman–Crippen MR) is 63.5 cm³/mol. The van der Waals surface area contributed by atoms with Crippen molar-refractivity contribution in [3.63, 3.8) is 0 Å². The topological polar surface area (TPSA) is 51.9 Å². The summed E-state index contributed by atoms with van der Waals surface area (Å²) < 4.78 is 16.4. The molecule has 2 saturated heterocycles. The van der Waals surface area contributed by atoms with Gasteiger partial charge in [0, 0.05) is 13.2 Å². The fourth-order valence-corrected chi connectivity index (χ4v) is 2.66. The molecule has 0 aromatic carbocycles. The first-order chi connectivity index (χ1) is 8.71. The molecule has 5 heteroatoms. The quantitative estimate of drug-likeness (QED) is 0.753. The van der Waals surface area contributed by atoms with Gasteiger partial charge in [-0.3, -0.25) is 4.79 Å². The van der Waals surface area contributed by atoms with Crippen molar-refractivity contribution in [3.05, 3.63) is 23.7 Å². The second-order valence-corrected chi connectivity index (χ2v) is 4.95. The van der Waals surface area contributed by atoms with Crippen LogP contribution in [-0.4, -0.2) is 49.3 Å². The van der Waals surface area contributed by atoms with E-state index in [4.69, 9.17) is 13.9 Å². The summed E-state index contributed by atoms with van der Waals surface area (Å²) in [5.74, 6) is 1.10. The number of nitrogens with zero attached hydrogens (tertiary/aromatic N) is 1. The van der Waals surface area contributed by atoms with Crippen LogP contribution in [0.25, 0.3) is 0 Å². The maximum absolute atomic E-state index is 12.5. The van der Waals surface area contributed by atoms with Crippen molar-refractivity contribution in [2.45, 2.75) is 18.9 Å². The molecule has 0 saturated carbocycles. The van der Waals surface area contributed by atoms with Gasteiger partial charge in [-0.25, -0.2) is 0 Å². The van der Waals surface area contributed by atoms with Gasteiger partial charge in [-0.05, 0) is 25.5 Å². The molecule has 5 nitrogen and oxygen atoms in total. The maximum atomic E-state index is 12.5. The van der Waals surface area contributed by atoms with Crippen LogP contribution in [0, 0.1) is 6.92 Å². The third kappa shape index (κ3) is 1.83. The van der Waals surface area contributed by atoms with Gasteiger partial charge in [-0.2, -0.15) is 0 Å². The van der Waals surface area contributed by atoms with E-state index in [1.807, 2.05) is 17.9 Å². The van der Waals surface area contributed by atoms with Gasteiger partial charge in [0.1, 0.15) is 5.76 Å². The van der Waals surface area contributed by atoms with E-state index in [0.717, 1.165) is 12.2 Å². The fourth-order valence-electron chi connectivity index (χ4n) is 2.66. The lowest BCUT2D eigenvalue weighted by Gasteiger charge is -2.43. The molecule has 2 aliphatic heterocycles. The molecule has 3 rings (SSSR count). The summed E-state index contributed by atoms with van der Waals surface area (Å²) in [7, 11) is 0. The van der Waals surface area contributed by atoms with Crippen LogP contribution in [0.5, 0.6) is 0 Å². The number of furan rings is 1. The highest BCUT2D eigenvalue weighted by molar-refractivity contribution is 5.92. The van der Waals surface area contributed by atoms with Crippen LogP contribution < -0.4 is 0 Å². The normalized spacial score (nSPS) is 27.9. The van der Waals surface area contributed by atoms with Gasteiger partial charge in [0.2, 0.25) is 0 Å². The molecule has 98 valence electrons. The van der Waals surface area contributed by atoms with Crippen molar-refractivity contribution >= 4 is 5.91 Å². The average Bonchev–Trinajstić information content (AvgIpc) is 2.99. The maximum Gasteiger partial charge on any atom is 0.290 e. The number of hydrogen-bond donors (Lipinski definition) is 0. The Hall–Kier alpha value is -1.33. The Morgan fingerprint density at radius 1 is 1.28 bits per heavy atom. The molecule has 1 aromatic heterocycles. The fraction of sp³-hybridized carbons (Fsp3) is 0.615. The Balaban J connectivity index is 1.86. The monoisotopic (exact) mass is 251 g/mol. The molecular weight excluding hydrogens is 234 g/mol. The zero-order valence-corrected chi connectivity index (χ0v) is 10.5. The van der Waals surface area contributed by atoms with E-state index < -0.39 is 0 Å². The third-order valence-corrected chi connectivity index (χ3v) is 3.68. The van der Waals surface area contributed by atoms with Gasteiger partial charge in [0.15, 0.2) is 5.76 Å². The van der Waals surface area contributed by atoms with Gasteiger partial charge in [0.05, 0.1) is 25.4 Å². The molecule has 1 atom stereocenters. The van der Waals surface area contributed by atoms with E-state index in [1.54, 1.807) is 6.07 Å². The van der Waals surface area contributed by atoms with Crippen LogP contribution in [0.4, 0.5) is 0 Å². The summed E-state index contributed by atoms with van der Waals surface area (Å²) in [6.07, 6.45) is 0.832. The van der Waals surface area contributed by atoms with E-state index in [1.165, 1.54) is 0 Å². The lowest BCUT2D eigenvalue weighted by molar-refractivity contribution is -0.0561. The lowest BCUT2D eigenvalue weighted by Crippen LogP contribution is -2.59. The summed E-state index contributed by atoms with van der Waals surface area (Å²) in [5.41, 5.74) is -0.296. The molecule has 0 radical (unpaired) electrons. The van der Waals surface area contributed by atoms with E-state index in [2.05, 4.69) is 0 Å². The Kier molecular flexibility index (Phi) is 2.87. The molecule has 0 bridgehead atoms. The van der Waals surface area contributed by atoms with Crippen LogP contribution >= 0.6 is 0 Å². The van der Waals surface area contributed by atoms with Gasteiger partial charge in [0.25, 0.3) is 5.91 Å². The Bertz CT molecular complexity index is 448. The number of morpholine rings is 1. The van der Waals surface area contributed by atoms with Crippen LogP contribution in [0.2, 0.25) is 0 Å². The highest BCUT2D eigenvalue weighted by Crippen LogP contribution is 2.30. The molecule has 2 fully saturated rings. The Morgan fingerprint density at radius 2 is 2.06 bits per heavy atom. The first kappa shape index (κ1) is 11.7. The van der Waals surface area contributed by atoms with E-state index in [0.29, 0.717) is 38.7 Å². The first-order valence-corrected chi connectivity index (χ1v) is 6.25. The van der Waals surface area contributed by atoms with Crippen LogP contribution in [0.15, 0.2) is 16.5 Å². The summed E-state index contributed by atoms with van der Waals surface area (Å²) >= 11 is 0. The minimum absolute atomic E-state index is 0.0584. The average molecular weight is 251 g/mol. The number of carbonyl (C=O) groups excluding carboxylic acids is 1.